The summed E-state index contributed by atoms with van der Waals surface area (Å²) in [7, 11) is 1.92. The molecule has 1 amide bonds. The maximum Gasteiger partial charge on any atom is 0.226 e. The Kier molecular flexibility index (Phi) is 4.34. The van der Waals surface area contributed by atoms with Gasteiger partial charge in [0.15, 0.2) is 0 Å². The molecule has 104 valence electrons. The van der Waals surface area contributed by atoms with Crippen molar-refractivity contribution in [3.05, 3.63) is 35.4 Å². The molecular weight excluding hydrogens is 302 g/mol. The van der Waals surface area contributed by atoms with Crippen LogP contribution in [0.1, 0.15) is 31.4 Å². The van der Waals surface area contributed by atoms with Crippen LogP contribution in [0.2, 0.25) is 0 Å². The molecule has 0 saturated heterocycles. The van der Waals surface area contributed by atoms with E-state index in [0.717, 1.165) is 24.6 Å². The van der Waals surface area contributed by atoms with Gasteiger partial charge in [-0.15, -0.1) is 0 Å². The molecule has 1 aromatic rings. The number of aryl methyl sites for hydroxylation is 1. The first kappa shape index (κ1) is 14.6. The van der Waals surface area contributed by atoms with Crippen molar-refractivity contribution in [3.63, 3.8) is 0 Å². The molecular formula is C16H22BrNO. The largest absolute Gasteiger partial charge is 0.340 e. The number of alkyl halides is 1. The summed E-state index contributed by atoms with van der Waals surface area (Å²) in [6.45, 7) is 4.19. The zero-order chi connectivity index (χ0) is 14.0. The van der Waals surface area contributed by atoms with Crippen LogP contribution in [0.25, 0.3) is 0 Å². The van der Waals surface area contributed by atoms with E-state index in [1.165, 1.54) is 11.1 Å². The van der Waals surface area contributed by atoms with Crippen molar-refractivity contribution in [3.8, 4) is 0 Å². The molecule has 0 fully saturated rings. The van der Waals surface area contributed by atoms with E-state index < -0.39 is 0 Å². The summed E-state index contributed by atoms with van der Waals surface area (Å²) in [5, 5.41) is 0.797. The van der Waals surface area contributed by atoms with Crippen LogP contribution in [0.3, 0.4) is 0 Å². The highest BCUT2D eigenvalue weighted by atomic mass is 79.9. The SMILES string of the molecule is CN(C(=O)C1CCc2ccccc2C1)C(C)(C)CBr. The molecule has 1 atom stereocenters. The van der Waals surface area contributed by atoms with Crippen LogP contribution >= 0.6 is 15.9 Å². The highest BCUT2D eigenvalue weighted by molar-refractivity contribution is 9.09. The molecule has 0 N–H and O–H groups in total. The zero-order valence-corrected chi connectivity index (χ0v) is 13.5. The van der Waals surface area contributed by atoms with Gasteiger partial charge in [-0.05, 0) is 44.2 Å². The summed E-state index contributed by atoms with van der Waals surface area (Å²) < 4.78 is 0. The lowest BCUT2D eigenvalue weighted by Gasteiger charge is -2.37. The summed E-state index contributed by atoms with van der Waals surface area (Å²) in [4.78, 5) is 14.5. The number of carbonyl (C=O) groups is 1. The van der Waals surface area contributed by atoms with Crippen molar-refractivity contribution < 1.29 is 4.79 Å². The molecule has 1 unspecified atom stereocenters. The van der Waals surface area contributed by atoms with Gasteiger partial charge in [-0.3, -0.25) is 4.79 Å². The lowest BCUT2D eigenvalue weighted by Crippen LogP contribution is -2.49. The Morgan fingerprint density at radius 2 is 2.00 bits per heavy atom. The van der Waals surface area contributed by atoms with Crippen molar-refractivity contribution in [2.75, 3.05) is 12.4 Å². The number of nitrogens with zero attached hydrogens (tertiary/aromatic N) is 1. The van der Waals surface area contributed by atoms with Gasteiger partial charge < -0.3 is 4.90 Å². The van der Waals surface area contributed by atoms with Crippen molar-refractivity contribution in [2.45, 2.75) is 38.6 Å². The predicted octanol–water partition coefficient (Wildman–Crippen LogP) is 3.42. The smallest absolute Gasteiger partial charge is 0.226 e. The topological polar surface area (TPSA) is 20.3 Å². The Balaban J connectivity index is 2.11. The molecule has 0 spiro atoms. The minimum Gasteiger partial charge on any atom is -0.340 e. The fourth-order valence-electron chi connectivity index (χ4n) is 2.57. The fraction of sp³-hybridized carbons (Fsp3) is 0.562. The number of halogens is 1. The summed E-state index contributed by atoms with van der Waals surface area (Å²) in [6, 6.07) is 8.49. The van der Waals surface area contributed by atoms with Crippen LogP contribution in [-0.4, -0.2) is 28.7 Å². The molecule has 2 nitrogen and oxygen atoms in total. The summed E-state index contributed by atoms with van der Waals surface area (Å²) in [6.07, 6.45) is 2.88. The molecule has 0 radical (unpaired) electrons. The number of hydrogen-bond donors (Lipinski definition) is 0. The molecule has 1 aliphatic carbocycles. The van der Waals surface area contributed by atoms with E-state index in [2.05, 4.69) is 54.0 Å². The second-order valence-electron chi connectivity index (χ2n) is 6.05. The van der Waals surface area contributed by atoms with Crippen LogP contribution in [0, 0.1) is 5.92 Å². The average Bonchev–Trinajstić information content (AvgIpc) is 2.45. The van der Waals surface area contributed by atoms with E-state index >= 15 is 0 Å². The van der Waals surface area contributed by atoms with Gasteiger partial charge in [-0.2, -0.15) is 0 Å². The van der Waals surface area contributed by atoms with E-state index in [1.54, 1.807) is 0 Å². The molecule has 0 heterocycles. The van der Waals surface area contributed by atoms with Gasteiger partial charge in [0.2, 0.25) is 5.91 Å². The number of benzene rings is 1. The Morgan fingerprint density at radius 1 is 1.37 bits per heavy atom. The summed E-state index contributed by atoms with van der Waals surface area (Å²) in [5.41, 5.74) is 2.62. The first-order chi connectivity index (χ1) is 8.95. The highest BCUT2D eigenvalue weighted by Gasteiger charge is 2.32. The second kappa shape index (κ2) is 5.66. The molecule has 0 aliphatic heterocycles. The minimum atomic E-state index is -0.131. The van der Waals surface area contributed by atoms with Crippen molar-refractivity contribution in [1.29, 1.82) is 0 Å². The Hall–Kier alpha value is -0.830. The third kappa shape index (κ3) is 3.02. The Bertz CT molecular complexity index is 470. The Labute approximate surface area is 124 Å². The summed E-state index contributed by atoms with van der Waals surface area (Å²) >= 11 is 3.50. The van der Waals surface area contributed by atoms with E-state index in [1.807, 2.05) is 11.9 Å². The van der Waals surface area contributed by atoms with Gasteiger partial charge in [-0.25, -0.2) is 0 Å². The molecule has 0 aromatic heterocycles. The van der Waals surface area contributed by atoms with Gasteiger partial charge in [0, 0.05) is 23.8 Å². The standard InChI is InChI=1S/C16H22BrNO/c1-16(2,11-17)18(3)15(19)14-9-8-12-6-4-5-7-13(12)10-14/h4-7,14H,8-11H2,1-3H3. The van der Waals surface area contributed by atoms with Gasteiger partial charge in [0.1, 0.15) is 0 Å². The molecule has 2 rings (SSSR count). The third-order valence-corrected chi connectivity index (χ3v) is 5.63. The normalized spacial score (nSPS) is 18.8. The Morgan fingerprint density at radius 3 is 2.63 bits per heavy atom. The van der Waals surface area contributed by atoms with Gasteiger partial charge in [0.05, 0.1) is 0 Å². The van der Waals surface area contributed by atoms with Gasteiger partial charge >= 0.3 is 0 Å². The number of hydrogen-bond acceptors (Lipinski definition) is 1. The molecule has 19 heavy (non-hydrogen) atoms. The van der Waals surface area contributed by atoms with Crippen molar-refractivity contribution >= 4 is 21.8 Å². The molecule has 3 heteroatoms. The van der Waals surface area contributed by atoms with E-state index in [-0.39, 0.29) is 17.4 Å². The lowest BCUT2D eigenvalue weighted by atomic mass is 9.82. The monoisotopic (exact) mass is 323 g/mol. The van der Waals surface area contributed by atoms with Crippen LogP contribution in [0.4, 0.5) is 0 Å². The second-order valence-corrected chi connectivity index (χ2v) is 6.61. The molecule has 1 aliphatic rings. The third-order valence-electron chi connectivity index (χ3n) is 4.26. The minimum absolute atomic E-state index is 0.131. The van der Waals surface area contributed by atoms with Crippen LogP contribution in [-0.2, 0) is 17.6 Å². The van der Waals surface area contributed by atoms with Crippen LogP contribution in [0.5, 0.6) is 0 Å². The maximum atomic E-state index is 12.6. The molecule has 1 aromatic carbocycles. The fourth-order valence-corrected chi connectivity index (χ4v) is 2.95. The quantitative estimate of drug-likeness (QED) is 0.780. The number of rotatable bonds is 3. The van der Waals surface area contributed by atoms with Crippen molar-refractivity contribution in [2.24, 2.45) is 5.92 Å². The number of carbonyl (C=O) groups excluding carboxylic acids is 1. The molecule has 0 bridgehead atoms. The first-order valence-electron chi connectivity index (χ1n) is 6.86. The van der Waals surface area contributed by atoms with Crippen LogP contribution in [0.15, 0.2) is 24.3 Å². The van der Waals surface area contributed by atoms with E-state index in [4.69, 9.17) is 0 Å². The highest BCUT2D eigenvalue weighted by Crippen LogP contribution is 2.28. The van der Waals surface area contributed by atoms with Gasteiger partial charge in [0.25, 0.3) is 0 Å². The van der Waals surface area contributed by atoms with E-state index in [0.29, 0.717) is 0 Å². The first-order valence-corrected chi connectivity index (χ1v) is 7.98. The zero-order valence-electron chi connectivity index (χ0n) is 11.9. The van der Waals surface area contributed by atoms with E-state index in [9.17, 15) is 4.79 Å². The summed E-state index contributed by atoms with van der Waals surface area (Å²) in [5.74, 6) is 0.414. The number of amides is 1. The molecule has 0 saturated carbocycles. The predicted molar refractivity (Wildman–Crippen MR) is 82.6 cm³/mol. The maximum absolute atomic E-state index is 12.6. The average molecular weight is 324 g/mol. The van der Waals surface area contributed by atoms with Gasteiger partial charge in [-0.1, -0.05) is 40.2 Å². The number of fused-ring (bicyclic) bond motifs is 1. The lowest BCUT2D eigenvalue weighted by molar-refractivity contribution is -0.138. The van der Waals surface area contributed by atoms with Crippen LogP contribution < -0.4 is 0 Å². The van der Waals surface area contributed by atoms with Crippen molar-refractivity contribution in [1.82, 2.24) is 4.90 Å².